The number of likely N-dealkylation sites (tertiary alicyclic amines) is 1. The number of rotatable bonds is 4. The summed E-state index contributed by atoms with van der Waals surface area (Å²) >= 11 is 0. The van der Waals surface area contributed by atoms with Crippen molar-refractivity contribution in [2.45, 2.75) is 18.9 Å². The van der Waals surface area contributed by atoms with Crippen LogP contribution in [0.1, 0.15) is 23.2 Å². The number of carboxylic acid groups (broad SMARTS) is 1. The third-order valence-electron chi connectivity index (χ3n) is 3.51. The summed E-state index contributed by atoms with van der Waals surface area (Å²) < 4.78 is 27.2. The second-order valence-corrected chi connectivity index (χ2v) is 4.75. The minimum Gasteiger partial charge on any atom is -0.478 e. The number of carbonyl (C=O) groups is 1. The molecule has 1 unspecified atom stereocenters. The van der Waals surface area contributed by atoms with E-state index in [9.17, 15) is 13.6 Å². The van der Waals surface area contributed by atoms with Gasteiger partial charge in [0.2, 0.25) is 0 Å². The molecular formula is C13H16F2N2O2. The number of nitrogens with one attached hydrogen (secondary N) is 1. The van der Waals surface area contributed by atoms with Gasteiger partial charge < -0.3 is 15.3 Å². The highest BCUT2D eigenvalue weighted by molar-refractivity contribution is 5.88. The smallest absolute Gasteiger partial charge is 0.338 e. The molecule has 0 aliphatic carbocycles. The number of hydrogen-bond acceptors (Lipinski definition) is 3. The molecule has 1 fully saturated rings. The summed E-state index contributed by atoms with van der Waals surface area (Å²) in [6.45, 7) is 1.51. The van der Waals surface area contributed by atoms with Crippen molar-refractivity contribution in [3.8, 4) is 0 Å². The molecule has 1 aromatic rings. The van der Waals surface area contributed by atoms with Crippen LogP contribution < -0.4 is 5.32 Å². The molecule has 2 rings (SSSR count). The lowest BCUT2D eigenvalue weighted by molar-refractivity contribution is 0.0690. The highest BCUT2D eigenvalue weighted by Crippen LogP contribution is 2.22. The molecule has 4 nitrogen and oxygen atoms in total. The van der Waals surface area contributed by atoms with Gasteiger partial charge in [-0.05, 0) is 38.6 Å². The highest BCUT2D eigenvalue weighted by Gasteiger charge is 2.22. The van der Waals surface area contributed by atoms with Crippen LogP contribution in [0.15, 0.2) is 12.1 Å². The van der Waals surface area contributed by atoms with E-state index < -0.39 is 23.2 Å². The largest absolute Gasteiger partial charge is 0.478 e. The number of hydrogen-bond donors (Lipinski definition) is 2. The third-order valence-corrected chi connectivity index (χ3v) is 3.51. The van der Waals surface area contributed by atoms with Gasteiger partial charge in [-0.3, -0.25) is 0 Å². The van der Waals surface area contributed by atoms with Gasteiger partial charge in [0.15, 0.2) is 11.6 Å². The molecule has 19 heavy (non-hydrogen) atoms. The number of benzene rings is 1. The summed E-state index contributed by atoms with van der Waals surface area (Å²) in [7, 11) is 1.99. The summed E-state index contributed by atoms with van der Waals surface area (Å²) in [6.07, 6.45) is 2.11. The van der Waals surface area contributed by atoms with Gasteiger partial charge in [0, 0.05) is 12.6 Å². The number of likely N-dealkylation sites (N-methyl/N-ethyl adjacent to an activating group) is 1. The number of halogens is 2. The van der Waals surface area contributed by atoms with Crippen LogP contribution in [-0.2, 0) is 0 Å². The fourth-order valence-corrected chi connectivity index (χ4v) is 2.32. The normalized spacial score (nSPS) is 19.6. The average Bonchev–Trinajstić information content (AvgIpc) is 2.76. The summed E-state index contributed by atoms with van der Waals surface area (Å²) in [5.41, 5.74) is -0.649. The molecule has 1 aromatic carbocycles. The molecule has 1 heterocycles. The zero-order valence-corrected chi connectivity index (χ0v) is 10.6. The fraction of sp³-hybridized carbons (Fsp3) is 0.462. The number of anilines is 1. The molecule has 0 radical (unpaired) electrons. The minimum atomic E-state index is -1.47. The Balaban J connectivity index is 2.09. The highest BCUT2D eigenvalue weighted by atomic mass is 19.2. The van der Waals surface area contributed by atoms with Crippen LogP contribution in [0.3, 0.4) is 0 Å². The van der Waals surface area contributed by atoms with Crippen LogP contribution in [-0.4, -0.2) is 42.2 Å². The van der Waals surface area contributed by atoms with E-state index in [-0.39, 0.29) is 5.69 Å². The van der Waals surface area contributed by atoms with E-state index in [0.717, 1.165) is 25.5 Å². The second kappa shape index (κ2) is 5.52. The summed E-state index contributed by atoms with van der Waals surface area (Å²) in [5.74, 6) is -3.93. The molecule has 0 spiro atoms. The minimum absolute atomic E-state index is 0.00259. The lowest BCUT2D eigenvalue weighted by Crippen LogP contribution is -2.31. The Labute approximate surface area is 110 Å². The molecule has 0 amide bonds. The predicted octanol–water partition coefficient (Wildman–Crippen LogP) is 2.17. The Kier molecular flexibility index (Phi) is 3.99. The maximum absolute atomic E-state index is 13.7. The van der Waals surface area contributed by atoms with Crippen LogP contribution in [0.4, 0.5) is 14.5 Å². The molecule has 0 bridgehead atoms. The molecule has 0 aromatic heterocycles. The first-order valence-corrected chi connectivity index (χ1v) is 6.16. The Morgan fingerprint density at radius 3 is 2.79 bits per heavy atom. The van der Waals surface area contributed by atoms with Gasteiger partial charge in [0.25, 0.3) is 0 Å². The topological polar surface area (TPSA) is 52.6 Å². The van der Waals surface area contributed by atoms with Gasteiger partial charge in [0.1, 0.15) is 0 Å². The van der Waals surface area contributed by atoms with E-state index in [1.807, 2.05) is 7.05 Å². The van der Waals surface area contributed by atoms with Crippen molar-refractivity contribution >= 4 is 11.7 Å². The SMILES string of the molecule is CN1CCCC1CNc1ccc(C(=O)O)c(F)c1F. The van der Waals surface area contributed by atoms with E-state index in [1.54, 1.807) is 0 Å². The van der Waals surface area contributed by atoms with Crippen molar-refractivity contribution in [3.63, 3.8) is 0 Å². The standard InChI is InChI=1S/C13H16F2N2O2/c1-17-6-2-3-8(17)7-16-10-5-4-9(13(18)19)11(14)12(10)15/h4-5,8,16H,2-3,6-7H2,1H3,(H,18,19). The fourth-order valence-electron chi connectivity index (χ4n) is 2.32. The molecule has 1 aliphatic heterocycles. The predicted molar refractivity (Wildman–Crippen MR) is 67.5 cm³/mol. The van der Waals surface area contributed by atoms with Crippen molar-refractivity contribution in [3.05, 3.63) is 29.3 Å². The first-order chi connectivity index (χ1) is 9.00. The summed E-state index contributed by atoms with van der Waals surface area (Å²) in [5, 5.41) is 11.5. The average molecular weight is 270 g/mol. The molecule has 6 heteroatoms. The van der Waals surface area contributed by atoms with Crippen molar-refractivity contribution < 1.29 is 18.7 Å². The molecule has 104 valence electrons. The lowest BCUT2D eigenvalue weighted by Gasteiger charge is -2.20. The summed E-state index contributed by atoms with van der Waals surface area (Å²) in [4.78, 5) is 12.8. The molecule has 1 saturated heterocycles. The molecule has 1 aliphatic rings. The summed E-state index contributed by atoms with van der Waals surface area (Å²) in [6, 6.07) is 2.62. The Bertz CT molecular complexity index is 494. The van der Waals surface area contributed by atoms with Gasteiger partial charge in [-0.2, -0.15) is 0 Å². The van der Waals surface area contributed by atoms with E-state index in [2.05, 4.69) is 10.2 Å². The van der Waals surface area contributed by atoms with Crippen LogP contribution in [0.2, 0.25) is 0 Å². The quantitative estimate of drug-likeness (QED) is 0.880. The Hall–Kier alpha value is -1.69. The Morgan fingerprint density at radius 1 is 1.47 bits per heavy atom. The van der Waals surface area contributed by atoms with Crippen LogP contribution in [0, 0.1) is 11.6 Å². The maximum Gasteiger partial charge on any atom is 0.338 e. The maximum atomic E-state index is 13.7. The van der Waals surface area contributed by atoms with Gasteiger partial charge in [0.05, 0.1) is 11.3 Å². The van der Waals surface area contributed by atoms with E-state index >= 15 is 0 Å². The molecule has 1 atom stereocenters. The monoisotopic (exact) mass is 270 g/mol. The lowest BCUT2D eigenvalue weighted by atomic mass is 10.1. The van der Waals surface area contributed by atoms with Crippen molar-refractivity contribution in [2.75, 3.05) is 25.5 Å². The number of nitrogens with zero attached hydrogens (tertiary/aromatic N) is 1. The Morgan fingerprint density at radius 2 is 2.21 bits per heavy atom. The molecular weight excluding hydrogens is 254 g/mol. The van der Waals surface area contributed by atoms with Crippen molar-refractivity contribution in [1.82, 2.24) is 4.90 Å². The molecule has 0 saturated carbocycles. The van der Waals surface area contributed by atoms with Crippen LogP contribution in [0.25, 0.3) is 0 Å². The van der Waals surface area contributed by atoms with Gasteiger partial charge in [-0.25, -0.2) is 13.6 Å². The van der Waals surface area contributed by atoms with Crippen LogP contribution >= 0.6 is 0 Å². The molecule has 2 N–H and O–H groups in total. The second-order valence-electron chi connectivity index (χ2n) is 4.75. The van der Waals surface area contributed by atoms with E-state index in [1.165, 1.54) is 6.07 Å². The number of aromatic carboxylic acids is 1. The van der Waals surface area contributed by atoms with Crippen molar-refractivity contribution in [2.24, 2.45) is 0 Å². The zero-order valence-electron chi connectivity index (χ0n) is 10.6. The van der Waals surface area contributed by atoms with Gasteiger partial charge >= 0.3 is 5.97 Å². The van der Waals surface area contributed by atoms with Crippen molar-refractivity contribution in [1.29, 1.82) is 0 Å². The van der Waals surface area contributed by atoms with Crippen LogP contribution in [0.5, 0.6) is 0 Å². The van der Waals surface area contributed by atoms with Gasteiger partial charge in [-0.1, -0.05) is 0 Å². The zero-order chi connectivity index (χ0) is 14.0. The first-order valence-electron chi connectivity index (χ1n) is 6.16. The first kappa shape index (κ1) is 13.7. The van der Waals surface area contributed by atoms with E-state index in [4.69, 9.17) is 5.11 Å². The third kappa shape index (κ3) is 2.84. The number of carboxylic acids is 1. The van der Waals surface area contributed by atoms with Gasteiger partial charge in [-0.15, -0.1) is 0 Å². The van der Waals surface area contributed by atoms with E-state index in [0.29, 0.717) is 12.6 Å².